The number of nitrogens with zero attached hydrogens (tertiary/aromatic N) is 1. The molecule has 4 aliphatic carbocycles. The lowest BCUT2D eigenvalue weighted by Crippen LogP contribution is -2.65. The first kappa shape index (κ1) is 27.5. The highest BCUT2D eigenvalue weighted by atomic mass is 16.7. The van der Waals surface area contributed by atoms with Crippen LogP contribution in [0.1, 0.15) is 60.3 Å². The van der Waals surface area contributed by atoms with Gasteiger partial charge in [-0.05, 0) is 62.7 Å². The van der Waals surface area contributed by atoms with Crippen LogP contribution in [0.2, 0.25) is 0 Å². The number of aldehydes is 1. The normalized spacial score (nSPS) is 47.3. The molecule has 1 heterocycles. The van der Waals surface area contributed by atoms with Crippen molar-refractivity contribution in [2.24, 2.45) is 45.8 Å². The van der Waals surface area contributed by atoms with Gasteiger partial charge >= 0.3 is 0 Å². The first-order valence-electron chi connectivity index (χ1n) is 14.3. The number of ether oxygens (including phenoxy) is 2. The van der Waals surface area contributed by atoms with Crippen molar-refractivity contribution >= 4 is 6.29 Å². The average molecular weight is 518 g/mol. The van der Waals surface area contributed by atoms with Crippen LogP contribution in [-0.4, -0.2) is 77.5 Å². The second-order valence-electron chi connectivity index (χ2n) is 13.4. The van der Waals surface area contributed by atoms with Gasteiger partial charge in [0.25, 0.3) is 0 Å². The van der Waals surface area contributed by atoms with E-state index in [4.69, 9.17) is 9.47 Å². The smallest absolute Gasteiger partial charge is 0.170 e. The third kappa shape index (κ3) is 3.71. The van der Waals surface area contributed by atoms with Crippen molar-refractivity contribution in [3.05, 3.63) is 23.8 Å². The van der Waals surface area contributed by atoms with E-state index < -0.39 is 34.9 Å². The summed E-state index contributed by atoms with van der Waals surface area (Å²) in [6, 6.07) is 0. The predicted molar refractivity (Wildman–Crippen MR) is 140 cm³/mol. The fraction of sp³-hybridized carbons (Fsp3) is 0.833. The second-order valence-corrected chi connectivity index (χ2v) is 13.4. The SMILES string of the molecule is C=C(C)CN1C[C@H](OCC23C[C@@H]4[C@H](C)CC[C@H]4C4(C=O)CC2C=C(C(C)C)[C@@]34C(O)O)O[C@H](C)[C@@H](O)C1. The number of carbonyl (C=O) groups is 1. The molecule has 1 saturated heterocycles. The van der Waals surface area contributed by atoms with Crippen LogP contribution in [0.5, 0.6) is 0 Å². The minimum atomic E-state index is -1.64. The molecule has 5 rings (SSSR count). The van der Waals surface area contributed by atoms with Crippen molar-refractivity contribution < 1.29 is 29.6 Å². The van der Waals surface area contributed by atoms with Gasteiger partial charge in [-0.25, -0.2) is 0 Å². The Morgan fingerprint density at radius 2 is 2.00 bits per heavy atom. The van der Waals surface area contributed by atoms with E-state index in [1.807, 2.05) is 13.8 Å². The Bertz CT molecular complexity index is 948. The summed E-state index contributed by atoms with van der Waals surface area (Å²) >= 11 is 0. The van der Waals surface area contributed by atoms with E-state index in [1.54, 1.807) is 0 Å². The largest absolute Gasteiger partial charge is 0.389 e. The summed E-state index contributed by atoms with van der Waals surface area (Å²) in [5.74, 6) is 1.16. The molecule has 7 heteroatoms. The summed E-state index contributed by atoms with van der Waals surface area (Å²) < 4.78 is 12.8. The number of aliphatic hydroxyl groups is 3. The molecule has 0 aromatic carbocycles. The van der Waals surface area contributed by atoms with E-state index >= 15 is 0 Å². The lowest BCUT2D eigenvalue weighted by atomic mass is 9.42. The lowest BCUT2D eigenvalue weighted by molar-refractivity contribution is -0.260. The standard InChI is InChI=1S/C30H47NO6/c1-17(2)12-31-13-25(33)20(6)37-26(14-31)36-16-29-11-22-19(5)7-8-23(22)28(15-32)10-21(29)9-24(18(3)4)30(28,29)27(34)35/h9,15,18-23,25-27,33-35H,1,7-8,10-14,16H2,2-6H3/t19-,20-,21?,22-,23-,25+,26-,28?,29?,30+/m1/s1. The average Bonchev–Trinajstić information content (AvgIpc) is 3.35. The van der Waals surface area contributed by atoms with Crippen molar-refractivity contribution in [3.8, 4) is 0 Å². The zero-order valence-corrected chi connectivity index (χ0v) is 23.2. The first-order valence-corrected chi connectivity index (χ1v) is 14.3. The fourth-order valence-electron chi connectivity index (χ4n) is 9.74. The van der Waals surface area contributed by atoms with E-state index in [1.165, 1.54) is 0 Å². The van der Waals surface area contributed by atoms with Crippen molar-refractivity contribution in [3.63, 3.8) is 0 Å². The number of aliphatic hydroxyl groups excluding tert-OH is 2. The molecule has 208 valence electrons. The Hall–Kier alpha value is -1.09. The zero-order chi connectivity index (χ0) is 26.9. The monoisotopic (exact) mass is 517 g/mol. The number of rotatable bonds is 8. The van der Waals surface area contributed by atoms with Crippen LogP contribution in [0.4, 0.5) is 0 Å². The van der Waals surface area contributed by atoms with E-state index in [2.05, 4.69) is 38.3 Å². The second kappa shape index (κ2) is 9.53. The summed E-state index contributed by atoms with van der Waals surface area (Å²) in [6.07, 6.45) is 3.65. The lowest BCUT2D eigenvalue weighted by Gasteiger charge is -2.61. The number of allylic oxidation sites excluding steroid dienone is 1. The Kier molecular flexibility index (Phi) is 7.08. The Balaban J connectivity index is 1.53. The third-order valence-corrected chi connectivity index (χ3v) is 11.1. The van der Waals surface area contributed by atoms with Crippen LogP contribution in [0.25, 0.3) is 0 Å². The summed E-state index contributed by atoms with van der Waals surface area (Å²) in [4.78, 5) is 15.3. The van der Waals surface area contributed by atoms with Gasteiger partial charge in [-0.2, -0.15) is 0 Å². The predicted octanol–water partition coefficient (Wildman–Crippen LogP) is 3.14. The number of fused-ring (bicyclic) bond motifs is 2. The molecule has 5 aliphatic rings. The fourth-order valence-corrected chi connectivity index (χ4v) is 9.74. The van der Waals surface area contributed by atoms with Gasteiger partial charge in [0.1, 0.15) is 6.29 Å². The quantitative estimate of drug-likeness (QED) is 0.258. The Morgan fingerprint density at radius 3 is 2.62 bits per heavy atom. The van der Waals surface area contributed by atoms with Gasteiger partial charge in [0.2, 0.25) is 0 Å². The molecule has 0 radical (unpaired) electrons. The maximum Gasteiger partial charge on any atom is 0.170 e. The van der Waals surface area contributed by atoms with Gasteiger partial charge < -0.3 is 29.6 Å². The summed E-state index contributed by atoms with van der Waals surface area (Å²) in [7, 11) is 0. The van der Waals surface area contributed by atoms with Gasteiger partial charge in [-0.1, -0.05) is 51.0 Å². The van der Waals surface area contributed by atoms with Crippen LogP contribution in [-0.2, 0) is 14.3 Å². The molecule has 3 N–H and O–H groups in total. The number of β-amino-alcohol motifs (C(OH)–C–C–N with tert-alkyl or cyclic N) is 1. The number of hydrogen-bond acceptors (Lipinski definition) is 7. The van der Waals surface area contributed by atoms with Crippen LogP contribution in [0, 0.1) is 45.8 Å². The molecule has 4 bridgehead atoms. The topological polar surface area (TPSA) is 99.5 Å². The minimum Gasteiger partial charge on any atom is -0.389 e. The highest BCUT2D eigenvalue weighted by Gasteiger charge is 2.83. The third-order valence-electron chi connectivity index (χ3n) is 11.1. The van der Waals surface area contributed by atoms with Gasteiger partial charge in [0.15, 0.2) is 12.6 Å². The molecule has 0 amide bonds. The molecule has 1 aliphatic heterocycles. The molecule has 37 heavy (non-hydrogen) atoms. The van der Waals surface area contributed by atoms with Crippen molar-refractivity contribution in [2.75, 3.05) is 26.2 Å². The van der Waals surface area contributed by atoms with E-state index in [0.29, 0.717) is 44.5 Å². The molecule has 7 nitrogen and oxygen atoms in total. The summed E-state index contributed by atoms with van der Waals surface area (Å²) in [6.45, 7) is 16.3. The Labute approximate surface area is 221 Å². The van der Waals surface area contributed by atoms with Gasteiger partial charge in [-0.15, -0.1) is 0 Å². The molecular weight excluding hydrogens is 470 g/mol. The highest BCUT2D eigenvalue weighted by molar-refractivity contribution is 5.69. The molecule has 0 aromatic rings. The summed E-state index contributed by atoms with van der Waals surface area (Å²) in [5, 5.41) is 33.3. The summed E-state index contributed by atoms with van der Waals surface area (Å²) in [5.41, 5.74) is -0.416. The molecule has 4 fully saturated rings. The molecular formula is C30H47NO6. The minimum absolute atomic E-state index is 0.0509. The van der Waals surface area contributed by atoms with Crippen LogP contribution < -0.4 is 0 Å². The van der Waals surface area contributed by atoms with Gasteiger partial charge in [0, 0.05) is 30.5 Å². The molecule has 3 unspecified atom stereocenters. The van der Waals surface area contributed by atoms with Crippen molar-refractivity contribution in [1.29, 1.82) is 0 Å². The maximum absolute atomic E-state index is 13.2. The molecule has 0 spiro atoms. The molecule has 0 aromatic heterocycles. The Morgan fingerprint density at radius 1 is 1.27 bits per heavy atom. The van der Waals surface area contributed by atoms with Crippen LogP contribution in [0.15, 0.2) is 23.8 Å². The van der Waals surface area contributed by atoms with Crippen LogP contribution in [0.3, 0.4) is 0 Å². The first-order chi connectivity index (χ1) is 17.4. The van der Waals surface area contributed by atoms with Crippen molar-refractivity contribution in [2.45, 2.75) is 85.1 Å². The number of carbonyl (C=O) groups excluding carboxylic acids is 1. The van der Waals surface area contributed by atoms with E-state index in [9.17, 15) is 20.1 Å². The van der Waals surface area contributed by atoms with Gasteiger partial charge in [0.05, 0.1) is 24.2 Å². The maximum atomic E-state index is 13.2. The van der Waals surface area contributed by atoms with E-state index in [0.717, 1.165) is 36.7 Å². The van der Waals surface area contributed by atoms with Crippen molar-refractivity contribution in [1.82, 2.24) is 4.90 Å². The van der Waals surface area contributed by atoms with E-state index in [-0.39, 0.29) is 23.9 Å². The number of hydrogen-bond donors (Lipinski definition) is 3. The highest BCUT2D eigenvalue weighted by Crippen LogP contribution is 2.83. The van der Waals surface area contributed by atoms with Gasteiger partial charge in [-0.3, -0.25) is 4.90 Å². The zero-order valence-electron chi connectivity index (χ0n) is 23.2. The van der Waals surface area contributed by atoms with Crippen LogP contribution >= 0.6 is 0 Å². The molecule has 10 atom stereocenters. The molecule has 3 saturated carbocycles.